The largest absolute Gasteiger partial charge is 0.486 e. The topological polar surface area (TPSA) is 65.4 Å². The van der Waals surface area contributed by atoms with Crippen molar-refractivity contribution in [3.05, 3.63) is 59.1 Å². The molecule has 2 aromatic heterocycles. The van der Waals surface area contributed by atoms with Crippen LogP contribution in [0.15, 0.2) is 47.8 Å². The molecule has 0 spiro atoms. The van der Waals surface area contributed by atoms with Gasteiger partial charge in [-0.25, -0.2) is 4.98 Å². The molecule has 0 bridgehead atoms. The summed E-state index contributed by atoms with van der Waals surface area (Å²) in [5, 5.41) is 6.66. The maximum Gasteiger partial charge on any atom is 0.274 e. The molecule has 6 nitrogen and oxygen atoms in total. The molecule has 2 aromatic carbocycles. The van der Waals surface area contributed by atoms with E-state index in [1.807, 2.05) is 42.6 Å². The normalized spacial score (nSPS) is 12.8. The Hall–Kier alpha value is -3.32. The Balaban J connectivity index is 1.42. The van der Waals surface area contributed by atoms with Gasteiger partial charge in [0.25, 0.3) is 5.91 Å². The standard InChI is InChI=1S/C25H25N3O3S/c1-3-4-11-28-20-8-6-5-7-18(20)16(2)23(28)24(29)27-25-26-19(15-32-25)17-9-10-21-22(14-17)31-13-12-30-21/h5-10,14-15H,3-4,11-13H2,1-2H3,(H,26,27,29). The molecular weight excluding hydrogens is 422 g/mol. The molecule has 1 aliphatic heterocycles. The first kappa shape index (κ1) is 20.6. The first-order chi connectivity index (χ1) is 15.7. The zero-order chi connectivity index (χ0) is 22.1. The van der Waals surface area contributed by atoms with Crippen LogP contribution in [0.5, 0.6) is 11.5 Å². The van der Waals surface area contributed by atoms with Gasteiger partial charge in [0.2, 0.25) is 0 Å². The molecule has 1 N–H and O–H groups in total. The third-order valence-corrected chi connectivity index (χ3v) is 6.49. The number of amides is 1. The number of carbonyl (C=O) groups excluding carboxylic acids is 1. The number of rotatable bonds is 6. The highest BCUT2D eigenvalue weighted by molar-refractivity contribution is 7.14. The van der Waals surface area contributed by atoms with Crippen molar-refractivity contribution in [2.75, 3.05) is 18.5 Å². The number of aryl methyl sites for hydroxylation is 2. The first-order valence-corrected chi connectivity index (χ1v) is 11.8. The van der Waals surface area contributed by atoms with Crippen molar-refractivity contribution in [3.8, 4) is 22.8 Å². The second-order valence-corrected chi connectivity index (χ2v) is 8.70. The summed E-state index contributed by atoms with van der Waals surface area (Å²) in [6.07, 6.45) is 2.09. The highest BCUT2D eigenvalue weighted by Gasteiger charge is 2.21. The Labute approximate surface area is 190 Å². The van der Waals surface area contributed by atoms with Crippen LogP contribution in [0.1, 0.15) is 35.8 Å². The number of unbranched alkanes of at least 4 members (excludes halogenated alkanes) is 1. The van der Waals surface area contributed by atoms with E-state index in [1.165, 1.54) is 11.3 Å². The maximum absolute atomic E-state index is 13.3. The van der Waals surface area contributed by atoms with Crippen LogP contribution in [0.4, 0.5) is 5.13 Å². The first-order valence-electron chi connectivity index (χ1n) is 10.9. The third-order valence-electron chi connectivity index (χ3n) is 5.74. The molecule has 0 fully saturated rings. The number of nitrogens with one attached hydrogen (secondary N) is 1. The van der Waals surface area contributed by atoms with Crippen LogP contribution in [0.2, 0.25) is 0 Å². The monoisotopic (exact) mass is 447 g/mol. The predicted molar refractivity (Wildman–Crippen MR) is 128 cm³/mol. The number of ether oxygens (including phenoxy) is 2. The van der Waals surface area contributed by atoms with Crippen molar-refractivity contribution in [2.45, 2.75) is 33.2 Å². The number of hydrogen-bond acceptors (Lipinski definition) is 5. The zero-order valence-corrected chi connectivity index (χ0v) is 19.0. The van der Waals surface area contributed by atoms with Crippen molar-refractivity contribution >= 4 is 33.3 Å². The molecule has 0 saturated heterocycles. The lowest BCUT2D eigenvalue weighted by Gasteiger charge is -2.18. The van der Waals surface area contributed by atoms with Gasteiger partial charge >= 0.3 is 0 Å². The summed E-state index contributed by atoms with van der Waals surface area (Å²) in [5.74, 6) is 1.35. The molecule has 1 amide bonds. The van der Waals surface area contributed by atoms with E-state index in [4.69, 9.17) is 9.47 Å². The summed E-state index contributed by atoms with van der Waals surface area (Å²) < 4.78 is 13.4. The number of nitrogens with zero attached hydrogens (tertiary/aromatic N) is 2. The summed E-state index contributed by atoms with van der Waals surface area (Å²) in [4.78, 5) is 18.0. The zero-order valence-electron chi connectivity index (χ0n) is 18.2. The van der Waals surface area contributed by atoms with E-state index in [0.29, 0.717) is 24.0 Å². The van der Waals surface area contributed by atoms with E-state index in [9.17, 15) is 4.79 Å². The molecule has 3 heterocycles. The van der Waals surface area contributed by atoms with Crippen molar-refractivity contribution in [1.82, 2.24) is 9.55 Å². The summed E-state index contributed by atoms with van der Waals surface area (Å²) in [5.41, 5.74) is 4.53. The Kier molecular flexibility index (Phi) is 5.57. The van der Waals surface area contributed by atoms with Gasteiger partial charge in [-0.15, -0.1) is 11.3 Å². The molecule has 0 atom stereocenters. The SMILES string of the molecule is CCCCn1c(C(=O)Nc2nc(-c3ccc4c(c3)OCCO4)cs2)c(C)c2ccccc21. The predicted octanol–water partition coefficient (Wildman–Crippen LogP) is 5.90. The lowest BCUT2D eigenvalue weighted by molar-refractivity contribution is 0.101. The number of hydrogen-bond donors (Lipinski definition) is 1. The molecule has 0 saturated carbocycles. The molecular formula is C25H25N3O3S. The van der Waals surface area contributed by atoms with Gasteiger partial charge in [-0.3, -0.25) is 10.1 Å². The highest BCUT2D eigenvalue weighted by Crippen LogP contribution is 2.35. The van der Waals surface area contributed by atoms with Gasteiger partial charge in [0, 0.05) is 28.4 Å². The van der Waals surface area contributed by atoms with Crippen LogP contribution in [-0.4, -0.2) is 28.7 Å². The lowest BCUT2D eigenvalue weighted by atomic mass is 10.1. The minimum atomic E-state index is -0.127. The van der Waals surface area contributed by atoms with Crippen LogP contribution in [0, 0.1) is 6.92 Å². The minimum absolute atomic E-state index is 0.127. The second kappa shape index (κ2) is 8.67. The average molecular weight is 448 g/mol. The molecule has 0 unspecified atom stereocenters. The molecule has 32 heavy (non-hydrogen) atoms. The van der Waals surface area contributed by atoms with Gasteiger partial charge in [-0.1, -0.05) is 31.5 Å². The summed E-state index contributed by atoms with van der Waals surface area (Å²) in [6, 6.07) is 14.0. The van der Waals surface area contributed by atoms with Gasteiger partial charge < -0.3 is 14.0 Å². The van der Waals surface area contributed by atoms with Crippen molar-refractivity contribution in [2.24, 2.45) is 0 Å². The number of fused-ring (bicyclic) bond motifs is 2. The quantitative estimate of drug-likeness (QED) is 0.400. The Morgan fingerprint density at radius 1 is 1.16 bits per heavy atom. The maximum atomic E-state index is 13.3. The Bertz CT molecular complexity index is 1290. The third kappa shape index (κ3) is 3.73. The molecule has 7 heteroatoms. The number of carbonyl (C=O) groups is 1. The van der Waals surface area contributed by atoms with E-state index in [-0.39, 0.29) is 5.91 Å². The summed E-state index contributed by atoms with van der Waals surface area (Å²) in [7, 11) is 0. The van der Waals surface area contributed by atoms with Crippen LogP contribution in [0.25, 0.3) is 22.2 Å². The van der Waals surface area contributed by atoms with Crippen LogP contribution in [-0.2, 0) is 6.54 Å². The minimum Gasteiger partial charge on any atom is -0.486 e. The average Bonchev–Trinajstić information content (AvgIpc) is 3.40. The van der Waals surface area contributed by atoms with Gasteiger partial charge in [-0.2, -0.15) is 0 Å². The van der Waals surface area contributed by atoms with E-state index >= 15 is 0 Å². The van der Waals surface area contributed by atoms with Crippen molar-refractivity contribution in [3.63, 3.8) is 0 Å². The number of thiazole rings is 1. The fourth-order valence-electron chi connectivity index (χ4n) is 4.14. The van der Waals surface area contributed by atoms with Gasteiger partial charge in [0.15, 0.2) is 16.6 Å². The molecule has 5 rings (SSSR count). The van der Waals surface area contributed by atoms with Crippen molar-refractivity contribution < 1.29 is 14.3 Å². The molecule has 0 radical (unpaired) electrons. The smallest absolute Gasteiger partial charge is 0.274 e. The lowest BCUT2D eigenvalue weighted by Crippen LogP contribution is -2.18. The summed E-state index contributed by atoms with van der Waals surface area (Å²) >= 11 is 1.42. The molecule has 0 aliphatic carbocycles. The van der Waals surface area contributed by atoms with E-state index in [2.05, 4.69) is 33.9 Å². The van der Waals surface area contributed by atoms with Gasteiger partial charge in [-0.05, 0) is 43.2 Å². The molecule has 1 aliphatic rings. The Morgan fingerprint density at radius 3 is 2.81 bits per heavy atom. The number of benzene rings is 2. The van der Waals surface area contributed by atoms with Gasteiger partial charge in [0.1, 0.15) is 18.9 Å². The van der Waals surface area contributed by atoms with Crippen molar-refractivity contribution in [1.29, 1.82) is 0 Å². The van der Waals surface area contributed by atoms with Crippen LogP contribution >= 0.6 is 11.3 Å². The second-order valence-electron chi connectivity index (χ2n) is 7.85. The number of para-hydroxylation sites is 1. The van der Waals surface area contributed by atoms with Crippen LogP contribution in [0.3, 0.4) is 0 Å². The van der Waals surface area contributed by atoms with E-state index in [1.54, 1.807) is 0 Å². The fraction of sp³-hybridized carbons (Fsp3) is 0.280. The molecule has 4 aromatic rings. The summed E-state index contributed by atoms with van der Waals surface area (Å²) in [6.45, 7) is 6.09. The van der Waals surface area contributed by atoms with Gasteiger partial charge in [0.05, 0.1) is 5.69 Å². The number of anilines is 1. The highest BCUT2D eigenvalue weighted by atomic mass is 32.1. The van der Waals surface area contributed by atoms with E-state index < -0.39 is 0 Å². The molecule has 164 valence electrons. The van der Waals surface area contributed by atoms with Crippen LogP contribution < -0.4 is 14.8 Å². The fourth-order valence-corrected chi connectivity index (χ4v) is 4.86. The Morgan fingerprint density at radius 2 is 1.97 bits per heavy atom. The van der Waals surface area contributed by atoms with E-state index in [0.717, 1.165) is 58.6 Å². The number of aromatic nitrogens is 2.